The standard InChI is InChI=1S/C12H24N2O4S/c1-14(11-5-3-2-4-6-11)19(16,17)13-9-12(15)7-8-18-10-12/h11,13,15H,2-10H2,1H3. The Balaban J connectivity index is 1.89. The molecule has 0 aromatic rings. The van der Waals surface area contributed by atoms with Gasteiger partial charge in [0.2, 0.25) is 0 Å². The highest BCUT2D eigenvalue weighted by molar-refractivity contribution is 7.87. The number of ether oxygens (including phenoxy) is 1. The third kappa shape index (κ3) is 3.88. The molecule has 0 aromatic heterocycles. The Morgan fingerprint density at radius 1 is 1.37 bits per heavy atom. The average Bonchev–Trinajstić information content (AvgIpc) is 2.84. The molecule has 1 saturated heterocycles. The topological polar surface area (TPSA) is 78.9 Å². The lowest BCUT2D eigenvalue weighted by Gasteiger charge is -2.31. The van der Waals surface area contributed by atoms with Crippen molar-refractivity contribution in [3.8, 4) is 0 Å². The minimum absolute atomic E-state index is 0.0202. The molecule has 2 aliphatic rings. The molecule has 7 heteroatoms. The van der Waals surface area contributed by atoms with Gasteiger partial charge in [-0.3, -0.25) is 0 Å². The van der Waals surface area contributed by atoms with Crippen molar-refractivity contribution in [1.29, 1.82) is 0 Å². The summed E-state index contributed by atoms with van der Waals surface area (Å²) in [6, 6.07) is 0.0840. The number of hydrogen-bond acceptors (Lipinski definition) is 4. The predicted molar refractivity (Wildman–Crippen MR) is 71.9 cm³/mol. The minimum atomic E-state index is -3.52. The molecule has 19 heavy (non-hydrogen) atoms. The molecule has 1 saturated carbocycles. The minimum Gasteiger partial charge on any atom is -0.386 e. The lowest BCUT2D eigenvalue weighted by Crippen LogP contribution is -2.50. The fourth-order valence-electron chi connectivity index (χ4n) is 2.70. The van der Waals surface area contributed by atoms with Gasteiger partial charge in [-0.2, -0.15) is 17.4 Å². The van der Waals surface area contributed by atoms with Crippen molar-refractivity contribution in [2.75, 3.05) is 26.8 Å². The first-order valence-electron chi connectivity index (χ1n) is 6.96. The van der Waals surface area contributed by atoms with Crippen molar-refractivity contribution in [3.63, 3.8) is 0 Å². The van der Waals surface area contributed by atoms with E-state index in [1.807, 2.05) is 0 Å². The molecule has 1 heterocycles. The fraction of sp³-hybridized carbons (Fsp3) is 1.00. The molecule has 1 aliphatic carbocycles. The molecule has 2 rings (SSSR count). The van der Waals surface area contributed by atoms with Crippen LogP contribution >= 0.6 is 0 Å². The zero-order valence-electron chi connectivity index (χ0n) is 11.5. The molecule has 1 atom stereocenters. The number of nitrogens with zero attached hydrogens (tertiary/aromatic N) is 1. The van der Waals surface area contributed by atoms with E-state index in [4.69, 9.17) is 4.74 Å². The Morgan fingerprint density at radius 3 is 2.63 bits per heavy atom. The number of rotatable bonds is 5. The first kappa shape index (κ1) is 15.2. The van der Waals surface area contributed by atoms with Crippen LogP contribution < -0.4 is 4.72 Å². The largest absolute Gasteiger partial charge is 0.386 e. The van der Waals surface area contributed by atoms with Crippen LogP contribution in [0.3, 0.4) is 0 Å². The first-order chi connectivity index (χ1) is 8.93. The molecule has 2 N–H and O–H groups in total. The second-order valence-electron chi connectivity index (χ2n) is 5.66. The maximum atomic E-state index is 12.2. The second-order valence-corrected chi connectivity index (χ2v) is 7.48. The van der Waals surface area contributed by atoms with Crippen LogP contribution in [-0.2, 0) is 14.9 Å². The van der Waals surface area contributed by atoms with Crippen LogP contribution in [0.25, 0.3) is 0 Å². The van der Waals surface area contributed by atoms with Crippen molar-refractivity contribution in [3.05, 3.63) is 0 Å². The van der Waals surface area contributed by atoms with Gasteiger partial charge in [0.15, 0.2) is 0 Å². The van der Waals surface area contributed by atoms with Crippen molar-refractivity contribution >= 4 is 10.2 Å². The monoisotopic (exact) mass is 292 g/mol. The van der Waals surface area contributed by atoms with Gasteiger partial charge in [-0.05, 0) is 12.8 Å². The number of hydrogen-bond donors (Lipinski definition) is 2. The molecular formula is C12H24N2O4S. The van der Waals surface area contributed by atoms with Gasteiger partial charge in [-0.15, -0.1) is 0 Å². The van der Waals surface area contributed by atoms with Gasteiger partial charge in [0, 0.05) is 32.7 Å². The summed E-state index contributed by atoms with van der Waals surface area (Å²) >= 11 is 0. The van der Waals surface area contributed by atoms with Crippen LogP contribution in [0.2, 0.25) is 0 Å². The highest BCUT2D eigenvalue weighted by Gasteiger charge is 2.35. The third-order valence-electron chi connectivity index (χ3n) is 4.13. The maximum Gasteiger partial charge on any atom is 0.279 e. The van der Waals surface area contributed by atoms with E-state index in [2.05, 4.69) is 4.72 Å². The SMILES string of the molecule is CN(C1CCCCC1)S(=O)(=O)NCC1(O)CCOC1. The van der Waals surface area contributed by atoms with E-state index in [1.165, 1.54) is 10.7 Å². The van der Waals surface area contributed by atoms with Crippen LogP contribution in [0.15, 0.2) is 0 Å². The summed E-state index contributed by atoms with van der Waals surface area (Å²) in [5.41, 5.74) is -1.06. The van der Waals surface area contributed by atoms with Gasteiger partial charge in [0.1, 0.15) is 5.60 Å². The van der Waals surface area contributed by atoms with Gasteiger partial charge in [0.25, 0.3) is 10.2 Å². The van der Waals surface area contributed by atoms with E-state index in [9.17, 15) is 13.5 Å². The smallest absolute Gasteiger partial charge is 0.279 e. The van der Waals surface area contributed by atoms with Crippen LogP contribution in [-0.4, -0.2) is 56.3 Å². The van der Waals surface area contributed by atoms with E-state index >= 15 is 0 Å². The van der Waals surface area contributed by atoms with Crippen LogP contribution in [0.4, 0.5) is 0 Å². The summed E-state index contributed by atoms with van der Waals surface area (Å²) in [5, 5.41) is 10.1. The fourth-order valence-corrected chi connectivity index (χ4v) is 3.96. The molecule has 0 aromatic carbocycles. The van der Waals surface area contributed by atoms with Crippen molar-refractivity contribution in [2.45, 2.75) is 50.2 Å². The molecule has 0 radical (unpaired) electrons. The van der Waals surface area contributed by atoms with E-state index in [-0.39, 0.29) is 19.2 Å². The summed E-state index contributed by atoms with van der Waals surface area (Å²) in [6.07, 6.45) is 5.68. The lowest BCUT2D eigenvalue weighted by atomic mass is 9.96. The van der Waals surface area contributed by atoms with Crippen molar-refractivity contribution in [1.82, 2.24) is 9.03 Å². The molecule has 1 unspecified atom stereocenters. The highest BCUT2D eigenvalue weighted by Crippen LogP contribution is 2.23. The summed E-state index contributed by atoms with van der Waals surface area (Å²) < 4.78 is 33.4. The summed E-state index contributed by atoms with van der Waals surface area (Å²) in [5.74, 6) is 0. The van der Waals surface area contributed by atoms with Gasteiger partial charge in [0.05, 0.1) is 6.61 Å². The molecule has 6 nitrogen and oxygen atoms in total. The average molecular weight is 292 g/mol. The molecular weight excluding hydrogens is 268 g/mol. The Morgan fingerprint density at radius 2 is 2.05 bits per heavy atom. The second kappa shape index (κ2) is 6.05. The van der Waals surface area contributed by atoms with Crippen molar-refractivity contribution < 1.29 is 18.3 Å². The Kier molecular flexibility index (Phi) is 4.84. The normalized spacial score (nSPS) is 30.1. The van der Waals surface area contributed by atoms with E-state index in [0.717, 1.165) is 25.7 Å². The number of aliphatic hydroxyl groups is 1. The van der Waals surface area contributed by atoms with Crippen LogP contribution in [0.1, 0.15) is 38.5 Å². The lowest BCUT2D eigenvalue weighted by molar-refractivity contribution is 0.0311. The van der Waals surface area contributed by atoms with Gasteiger partial charge in [-0.1, -0.05) is 19.3 Å². The van der Waals surface area contributed by atoms with E-state index < -0.39 is 15.8 Å². The Labute approximate surface area is 115 Å². The van der Waals surface area contributed by atoms with Gasteiger partial charge < -0.3 is 9.84 Å². The summed E-state index contributed by atoms with van der Waals surface area (Å²) in [6.45, 7) is 0.700. The predicted octanol–water partition coefficient (Wildman–Crippen LogP) is 0.237. The summed E-state index contributed by atoms with van der Waals surface area (Å²) in [4.78, 5) is 0. The molecule has 1 aliphatic heterocycles. The quantitative estimate of drug-likeness (QED) is 0.760. The van der Waals surface area contributed by atoms with Crippen LogP contribution in [0, 0.1) is 0 Å². The van der Waals surface area contributed by atoms with Gasteiger partial charge in [-0.25, -0.2) is 0 Å². The Bertz CT molecular complexity index is 387. The highest BCUT2D eigenvalue weighted by atomic mass is 32.2. The van der Waals surface area contributed by atoms with Crippen LogP contribution in [0.5, 0.6) is 0 Å². The van der Waals surface area contributed by atoms with Gasteiger partial charge >= 0.3 is 0 Å². The first-order valence-corrected chi connectivity index (χ1v) is 8.40. The van der Waals surface area contributed by atoms with E-state index in [1.54, 1.807) is 7.05 Å². The summed E-state index contributed by atoms with van der Waals surface area (Å²) in [7, 11) is -1.90. The zero-order valence-corrected chi connectivity index (χ0v) is 12.3. The molecule has 0 bridgehead atoms. The molecule has 0 spiro atoms. The van der Waals surface area contributed by atoms with E-state index in [0.29, 0.717) is 13.0 Å². The number of nitrogens with one attached hydrogen (secondary N) is 1. The molecule has 112 valence electrons. The maximum absolute atomic E-state index is 12.2. The third-order valence-corrected chi connectivity index (χ3v) is 5.70. The zero-order chi connectivity index (χ0) is 13.9. The molecule has 0 amide bonds. The Hall–Kier alpha value is -0.210. The van der Waals surface area contributed by atoms with Crippen molar-refractivity contribution in [2.24, 2.45) is 0 Å². The molecule has 2 fully saturated rings.